The molecule has 0 bridgehead atoms. The maximum atomic E-state index is 5.65. The highest BCUT2D eigenvalue weighted by molar-refractivity contribution is 4.96. The number of hydrogen-bond donors (Lipinski definition) is 1. The van der Waals surface area contributed by atoms with E-state index in [0.717, 1.165) is 12.3 Å². The quantitative estimate of drug-likeness (QED) is 0.638. The lowest BCUT2D eigenvalue weighted by atomic mass is 9.85. The number of nitrogens with two attached hydrogens (primary N) is 1. The molecular formula is C11H19N. The maximum absolute atomic E-state index is 5.65. The minimum Gasteiger partial charge on any atom is -0.318 e. The number of rotatable bonds is 3. The van der Waals surface area contributed by atoms with Gasteiger partial charge in [0.05, 0.1) is 6.04 Å². The molecule has 1 aliphatic carbocycles. The second-order valence-corrected chi connectivity index (χ2v) is 3.85. The van der Waals surface area contributed by atoms with E-state index in [0.29, 0.717) is 0 Å². The summed E-state index contributed by atoms with van der Waals surface area (Å²) in [4.78, 5) is 0. The summed E-state index contributed by atoms with van der Waals surface area (Å²) in [5.41, 5.74) is 5.65. The van der Waals surface area contributed by atoms with Crippen LogP contribution < -0.4 is 5.73 Å². The zero-order valence-corrected chi connectivity index (χ0v) is 7.76. The van der Waals surface area contributed by atoms with Gasteiger partial charge in [-0.1, -0.05) is 38.0 Å². The summed E-state index contributed by atoms with van der Waals surface area (Å²) in [5.74, 6) is 3.50. The third kappa shape index (κ3) is 3.28. The Hall–Kier alpha value is -0.480. The molecule has 1 heteroatoms. The second-order valence-electron chi connectivity index (χ2n) is 3.85. The van der Waals surface area contributed by atoms with Crippen LogP contribution in [0.5, 0.6) is 0 Å². The predicted molar refractivity (Wildman–Crippen MR) is 52.6 cm³/mol. The highest BCUT2D eigenvalue weighted by Gasteiger charge is 2.13. The smallest absolute Gasteiger partial charge is 0.0662 e. The fraction of sp³-hybridized carbons (Fsp3) is 0.818. The first-order valence-corrected chi connectivity index (χ1v) is 5.04. The molecule has 1 atom stereocenters. The van der Waals surface area contributed by atoms with Crippen LogP contribution in [0.1, 0.15) is 44.9 Å². The van der Waals surface area contributed by atoms with Crippen LogP contribution in [0.15, 0.2) is 0 Å². The van der Waals surface area contributed by atoms with Crippen molar-refractivity contribution in [1.82, 2.24) is 0 Å². The molecule has 68 valence electrons. The van der Waals surface area contributed by atoms with Crippen molar-refractivity contribution in [2.24, 2.45) is 11.7 Å². The first-order chi connectivity index (χ1) is 5.83. The van der Waals surface area contributed by atoms with E-state index in [9.17, 15) is 0 Å². The van der Waals surface area contributed by atoms with Crippen LogP contribution in [-0.4, -0.2) is 6.04 Å². The maximum Gasteiger partial charge on any atom is 0.0662 e. The molecule has 1 fully saturated rings. The van der Waals surface area contributed by atoms with Crippen LogP contribution in [0, 0.1) is 18.3 Å². The average Bonchev–Trinajstić information content (AvgIpc) is 2.16. The normalized spacial score (nSPS) is 21.7. The van der Waals surface area contributed by atoms with Crippen LogP contribution in [0.3, 0.4) is 0 Å². The highest BCUT2D eigenvalue weighted by Crippen LogP contribution is 2.27. The van der Waals surface area contributed by atoms with Crippen molar-refractivity contribution in [3.8, 4) is 12.3 Å². The van der Waals surface area contributed by atoms with E-state index in [1.165, 1.54) is 38.5 Å². The van der Waals surface area contributed by atoms with Gasteiger partial charge >= 0.3 is 0 Å². The summed E-state index contributed by atoms with van der Waals surface area (Å²) in [6.45, 7) is 0. The van der Waals surface area contributed by atoms with Crippen molar-refractivity contribution in [2.75, 3.05) is 0 Å². The lowest BCUT2D eigenvalue weighted by molar-refractivity contribution is 0.329. The summed E-state index contributed by atoms with van der Waals surface area (Å²) in [6, 6.07) is -0.00748. The first kappa shape index (κ1) is 9.61. The largest absolute Gasteiger partial charge is 0.318 e. The summed E-state index contributed by atoms with van der Waals surface area (Å²) >= 11 is 0. The standard InChI is InChI=1S/C11H19N/c1-2-11(12)9-8-10-6-4-3-5-7-10/h1,10-11H,3-9,12H2. The molecule has 1 unspecified atom stereocenters. The van der Waals surface area contributed by atoms with E-state index < -0.39 is 0 Å². The van der Waals surface area contributed by atoms with E-state index in [1.807, 2.05) is 0 Å². The Labute approximate surface area is 75.7 Å². The van der Waals surface area contributed by atoms with E-state index in [4.69, 9.17) is 12.2 Å². The SMILES string of the molecule is C#CC(N)CCC1CCCCC1. The van der Waals surface area contributed by atoms with Gasteiger partial charge < -0.3 is 5.73 Å². The molecule has 1 rings (SSSR count). The van der Waals surface area contributed by atoms with Gasteiger partial charge in [0.2, 0.25) is 0 Å². The molecule has 2 N–H and O–H groups in total. The van der Waals surface area contributed by atoms with Gasteiger partial charge in [-0.3, -0.25) is 0 Å². The van der Waals surface area contributed by atoms with Crippen molar-refractivity contribution in [1.29, 1.82) is 0 Å². The number of terminal acetylenes is 1. The van der Waals surface area contributed by atoms with Crippen LogP contribution in [0.25, 0.3) is 0 Å². The van der Waals surface area contributed by atoms with E-state index in [1.54, 1.807) is 0 Å². The molecule has 1 saturated carbocycles. The summed E-state index contributed by atoms with van der Waals surface area (Å²) in [7, 11) is 0. The topological polar surface area (TPSA) is 26.0 Å². The first-order valence-electron chi connectivity index (χ1n) is 5.04. The highest BCUT2D eigenvalue weighted by atomic mass is 14.6. The molecule has 0 saturated heterocycles. The number of hydrogen-bond acceptors (Lipinski definition) is 1. The van der Waals surface area contributed by atoms with Crippen molar-refractivity contribution in [3.63, 3.8) is 0 Å². The third-order valence-corrected chi connectivity index (χ3v) is 2.82. The van der Waals surface area contributed by atoms with Crippen LogP contribution >= 0.6 is 0 Å². The minimum atomic E-state index is -0.00748. The molecule has 0 aliphatic heterocycles. The Balaban J connectivity index is 2.10. The summed E-state index contributed by atoms with van der Waals surface area (Å²) in [5, 5.41) is 0. The Morgan fingerprint density at radius 1 is 1.33 bits per heavy atom. The minimum absolute atomic E-state index is 0.00748. The van der Waals surface area contributed by atoms with Crippen LogP contribution in [0.4, 0.5) is 0 Å². The van der Waals surface area contributed by atoms with E-state index >= 15 is 0 Å². The van der Waals surface area contributed by atoms with Gasteiger partial charge in [0.1, 0.15) is 0 Å². The average molecular weight is 165 g/mol. The fourth-order valence-corrected chi connectivity index (χ4v) is 1.97. The van der Waals surface area contributed by atoms with Gasteiger partial charge in [0.25, 0.3) is 0 Å². The van der Waals surface area contributed by atoms with Crippen LogP contribution in [0.2, 0.25) is 0 Å². The van der Waals surface area contributed by atoms with Gasteiger partial charge in [-0.2, -0.15) is 0 Å². The molecule has 0 radical (unpaired) electrons. The van der Waals surface area contributed by atoms with Crippen molar-refractivity contribution >= 4 is 0 Å². The molecule has 0 aromatic heterocycles. The Morgan fingerprint density at radius 2 is 2.00 bits per heavy atom. The Bertz CT molecular complexity index is 151. The fourth-order valence-electron chi connectivity index (χ4n) is 1.97. The predicted octanol–water partition coefficient (Wildman–Crippen LogP) is 2.31. The molecule has 0 spiro atoms. The lowest BCUT2D eigenvalue weighted by Crippen LogP contribution is -2.19. The van der Waals surface area contributed by atoms with Gasteiger partial charge in [-0.25, -0.2) is 0 Å². The van der Waals surface area contributed by atoms with Gasteiger partial charge in [-0.05, 0) is 18.8 Å². The van der Waals surface area contributed by atoms with Crippen molar-refractivity contribution in [2.45, 2.75) is 51.0 Å². The zero-order chi connectivity index (χ0) is 8.81. The van der Waals surface area contributed by atoms with Crippen LogP contribution in [-0.2, 0) is 0 Å². The molecule has 1 aliphatic rings. The summed E-state index contributed by atoms with van der Waals surface area (Å²) in [6.07, 6.45) is 14.5. The van der Waals surface area contributed by atoms with Gasteiger partial charge in [0.15, 0.2) is 0 Å². The van der Waals surface area contributed by atoms with E-state index in [-0.39, 0.29) is 6.04 Å². The second kappa shape index (κ2) is 5.22. The molecule has 0 aromatic rings. The molecular weight excluding hydrogens is 146 g/mol. The van der Waals surface area contributed by atoms with Gasteiger partial charge in [0, 0.05) is 0 Å². The lowest BCUT2D eigenvalue weighted by Gasteiger charge is -2.21. The summed E-state index contributed by atoms with van der Waals surface area (Å²) < 4.78 is 0. The van der Waals surface area contributed by atoms with E-state index in [2.05, 4.69) is 5.92 Å². The van der Waals surface area contributed by atoms with Gasteiger partial charge in [-0.15, -0.1) is 6.42 Å². The molecule has 1 nitrogen and oxygen atoms in total. The monoisotopic (exact) mass is 165 g/mol. The molecule has 0 aromatic carbocycles. The molecule has 0 heterocycles. The Morgan fingerprint density at radius 3 is 2.58 bits per heavy atom. The Kier molecular flexibility index (Phi) is 4.18. The van der Waals surface area contributed by atoms with Crippen molar-refractivity contribution in [3.05, 3.63) is 0 Å². The third-order valence-electron chi connectivity index (χ3n) is 2.82. The molecule has 12 heavy (non-hydrogen) atoms. The zero-order valence-electron chi connectivity index (χ0n) is 7.76. The molecule has 0 amide bonds. The van der Waals surface area contributed by atoms with Crippen molar-refractivity contribution < 1.29 is 0 Å².